The Labute approximate surface area is 157 Å². The maximum absolute atomic E-state index is 12.7. The second-order valence-corrected chi connectivity index (χ2v) is 6.36. The van der Waals surface area contributed by atoms with Crippen LogP contribution in [0.5, 0.6) is 5.88 Å². The first kappa shape index (κ1) is 18.8. The van der Waals surface area contributed by atoms with E-state index in [0.717, 1.165) is 12.0 Å². The van der Waals surface area contributed by atoms with Crippen LogP contribution >= 0.6 is 0 Å². The van der Waals surface area contributed by atoms with E-state index in [4.69, 9.17) is 14.6 Å². The first-order valence-corrected chi connectivity index (χ1v) is 8.90. The number of aliphatic carboxylic acids is 1. The third kappa shape index (κ3) is 5.52. The highest BCUT2D eigenvalue weighted by Crippen LogP contribution is 2.20. The third-order valence-corrected chi connectivity index (χ3v) is 4.33. The molecule has 7 nitrogen and oxygen atoms in total. The van der Waals surface area contributed by atoms with Gasteiger partial charge in [-0.25, -0.2) is 4.98 Å². The number of nitrogens with one attached hydrogen (secondary N) is 1. The van der Waals surface area contributed by atoms with Crippen molar-refractivity contribution in [3.63, 3.8) is 0 Å². The van der Waals surface area contributed by atoms with Crippen LogP contribution in [0.3, 0.4) is 0 Å². The summed E-state index contributed by atoms with van der Waals surface area (Å²) in [5, 5.41) is 11.9. The molecule has 1 fully saturated rings. The van der Waals surface area contributed by atoms with E-state index in [1.165, 1.54) is 6.20 Å². The zero-order chi connectivity index (χ0) is 19.1. The number of hydrogen-bond acceptors (Lipinski definition) is 5. The van der Waals surface area contributed by atoms with E-state index < -0.39 is 12.0 Å². The minimum absolute atomic E-state index is 0.0355. The highest BCUT2D eigenvalue weighted by atomic mass is 16.5. The number of aromatic nitrogens is 1. The van der Waals surface area contributed by atoms with Crippen LogP contribution < -0.4 is 10.1 Å². The summed E-state index contributed by atoms with van der Waals surface area (Å²) in [5.74, 6) is -0.826. The standard InChI is InChI=1S/C20H22N2O5/c23-19(24)7-6-17(14-4-2-1-3-5-14)22-20(25)15-8-10-21-18(12-15)27-16-9-11-26-13-16/h1-5,8,10,12,16-17H,6-7,9,11,13H2,(H,22,25)(H,23,24). The van der Waals surface area contributed by atoms with Gasteiger partial charge in [-0.3, -0.25) is 9.59 Å². The van der Waals surface area contributed by atoms with Crippen LogP contribution in [-0.2, 0) is 9.53 Å². The van der Waals surface area contributed by atoms with Crippen LogP contribution in [-0.4, -0.2) is 41.3 Å². The number of benzene rings is 1. The lowest BCUT2D eigenvalue weighted by atomic mass is 10.0. The number of carboxylic acid groups (broad SMARTS) is 1. The van der Waals surface area contributed by atoms with Crippen molar-refractivity contribution in [3.8, 4) is 5.88 Å². The molecule has 1 saturated heterocycles. The highest BCUT2D eigenvalue weighted by molar-refractivity contribution is 5.94. The van der Waals surface area contributed by atoms with Crippen molar-refractivity contribution in [1.29, 1.82) is 0 Å². The van der Waals surface area contributed by atoms with E-state index in [2.05, 4.69) is 10.3 Å². The van der Waals surface area contributed by atoms with Crippen LogP contribution in [0, 0.1) is 0 Å². The second kappa shape index (κ2) is 9.14. The van der Waals surface area contributed by atoms with Gasteiger partial charge in [-0.1, -0.05) is 30.3 Å². The Morgan fingerprint density at radius 1 is 1.30 bits per heavy atom. The van der Waals surface area contributed by atoms with E-state index in [1.54, 1.807) is 12.1 Å². The topological polar surface area (TPSA) is 97.8 Å². The lowest BCUT2D eigenvalue weighted by Crippen LogP contribution is -2.29. The molecular weight excluding hydrogens is 348 g/mol. The number of ether oxygens (including phenoxy) is 2. The molecule has 0 bridgehead atoms. The van der Waals surface area contributed by atoms with E-state index in [-0.39, 0.29) is 18.4 Å². The van der Waals surface area contributed by atoms with Gasteiger partial charge in [-0.05, 0) is 18.1 Å². The van der Waals surface area contributed by atoms with Crippen molar-refractivity contribution in [1.82, 2.24) is 10.3 Å². The summed E-state index contributed by atoms with van der Waals surface area (Å²) in [6.07, 6.45) is 2.53. The molecule has 7 heteroatoms. The molecule has 1 amide bonds. The molecule has 2 atom stereocenters. The Kier molecular flexibility index (Phi) is 6.38. The molecule has 0 spiro atoms. The number of rotatable bonds is 8. The third-order valence-electron chi connectivity index (χ3n) is 4.33. The van der Waals surface area contributed by atoms with Crippen molar-refractivity contribution >= 4 is 11.9 Å². The summed E-state index contributed by atoms with van der Waals surface area (Å²) in [7, 11) is 0. The molecule has 1 aliphatic rings. The molecule has 1 aliphatic heterocycles. The van der Waals surface area contributed by atoms with Crippen molar-refractivity contribution < 1.29 is 24.2 Å². The number of carbonyl (C=O) groups excluding carboxylic acids is 1. The Balaban J connectivity index is 1.70. The van der Waals surface area contributed by atoms with Gasteiger partial charge < -0.3 is 19.9 Å². The van der Waals surface area contributed by atoms with Gasteiger partial charge in [0.15, 0.2) is 0 Å². The molecule has 3 rings (SSSR count). The Morgan fingerprint density at radius 2 is 2.11 bits per heavy atom. The Morgan fingerprint density at radius 3 is 2.81 bits per heavy atom. The molecule has 0 aliphatic carbocycles. The summed E-state index contributed by atoms with van der Waals surface area (Å²) >= 11 is 0. The van der Waals surface area contributed by atoms with Gasteiger partial charge >= 0.3 is 5.97 Å². The molecule has 2 N–H and O–H groups in total. The predicted octanol–water partition coefficient (Wildman–Crippen LogP) is 2.59. The van der Waals surface area contributed by atoms with Gasteiger partial charge in [0.1, 0.15) is 6.10 Å². The Bertz CT molecular complexity index is 775. The average Bonchev–Trinajstić information content (AvgIpc) is 3.18. The van der Waals surface area contributed by atoms with E-state index >= 15 is 0 Å². The lowest BCUT2D eigenvalue weighted by Gasteiger charge is -2.19. The van der Waals surface area contributed by atoms with E-state index in [1.807, 2.05) is 30.3 Å². The molecule has 1 aromatic heterocycles. The second-order valence-electron chi connectivity index (χ2n) is 6.36. The summed E-state index contributed by atoms with van der Waals surface area (Å²) < 4.78 is 11.0. The minimum Gasteiger partial charge on any atom is -0.481 e. The maximum Gasteiger partial charge on any atom is 0.303 e. The number of pyridine rings is 1. The van der Waals surface area contributed by atoms with Gasteiger partial charge in [0.25, 0.3) is 5.91 Å². The number of hydrogen-bond donors (Lipinski definition) is 2. The van der Waals surface area contributed by atoms with Gasteiger partial charge in [0.2, 0.25) is 5.88 Å². The van der Waals surface area contributed by atoms with E-state index in [9.17, 15) is 9.59 Å². The van der Waals surface area contributed by atoms with Crippen molar-refractivity contribution in [2.75, 3.05) is 13.2 Å². The van der Waals surface area contributed by atoms with Crippen LogP contribution in [0.25, 0.3) is 0 Å². The highest BCUT2D eigenvalue weighted by Gasteiger charge is 2.20. The monoisotopic (exact) mass is 370 g/mol. The zero-order valence-electron chi connectivity index (χ0n) is 14.8. The maximum atomic E-state index is 12.7. The molecule has 2 aromatic rings. The SMILES string of the molecule is O=C(O)CCC(NC(=O)c1ccnc(OC2CCOC2)c1)c1ccccc1. The van der Waals surface area contributed by atoms with Gasteiger partial charge in [0, 0.05) is 30.7 Å². The van der Waals surface area contributed by atoms with Crippen LogP contribution in [0.15, 0.2) is 48.7 Å². The summed E-state index contributed by atoms with van der Waals surface area (Å²) in [6, 6.07) is 12.1. The summed E-state index contributed by atoms with van der Waals surface area (Å²) in [4.78, 5) is 27.8. The number of amides is 1. The molecule has 0 saturated carbocycles. The van der Waals surface area contributed by atoms with E-state index in [0.29, 0.717) is 31.1 Å². The summed E-state index contributed by atoms with van der Waals surface area (Å²) in [5.41, 5.74) is 1.27. The number of carbonyl (C=O) groups is 2. The first-order chi connectivity index (χ1) is 13.1. The first-order valence-electron chi connectivity index (χ1n) is 8.90. The Hall–Kier alpha value is -2.93. The fourth-order valence-electron chi connectivity index (χ4n) is 2.91. The molecule has 142 valence electrons. The number of carboxylic acids is 1. The van der Waals surface area contributed by atoms with Crippen LogP contribution in [0.4, 0.5) is 0 Å². The van der Waals surface area contributed by atoms with Gasteiger partial charge in [-0.15, -0.1) is 0 Å². The molecule has 2 heterocycles. The average molecular weight is 370 g/mol. The number of nitrogens with zero attached hydrogens (tertiary/aromatic N) is 1. The largest absolute Gasteiger partial charge is 0.481 e. The molecule has 27 heavy (non-hydrogen) atoms. The van der Waals surface area contributed by atoms with Crippen LogP contribution in [0.2, 0.25) is 0 Å². The summed E-state index contributed by atoms with van der Waals surface area (Å²) in [6.45, 7) is 1.18. The lowest BCUT2D eigenvalue weighted by molar-refractivity contribution is -0.137. The quantitative estimate of drug-likeness (QED) is 0.741. The fraction of sp³-hybridized carbons (Fsp3) is 0.350. The van der Waals surface area contributed by atoms with Crippen molar-refractivity contribution in [2.45, 2.75) is 31.4 Å². The van der Waals surface area contributed by atoms with Crippen molar-refractivity contribution in [2.24, 2.45) is 0 Å². The van der Waals surface area contributed by atoms with Crippen molar-refractivity contribution in [3.05, 3.63) is 59.8 Å². The molecule has 1 aromatic carbocycles. The van der Waals surface area contributed by atoms with Crippen LogP contribution in [0.1, 0.15) is 41.2 Å². The van der Waals surface area contributed by atoms with Gasteiger partial charge in [-0.2, -0.15) is 0 Å². The molecule has 0 radical (unpaired) electrons. The predicted molar refractivity (Wildman–Crippen MR) is 97.6 cm³/mol. The minimum atomic E-state index is -0.899. The molecular formula is C20H22N2O5. The molecule has 2 unspecified atom stereocenters. The zero-order valence-corrected chi connectivity index (χ0v) is 14.8. The normalized spacial score (nSPS) is 17.3. The fourth-order valence-corrected chi connectivity index (χ4v) is 2.91. The van der Waals surface area contributed by atoms with Gasteiger partial charge in [0.05, 0.1) is 19.3 Å². The smallest absolute Gasteiger partial charge is 0.303 e.